The fourth-order valence-electron chi connectivity index (χ4n) is 2.67. The van der Waals surface area contributed by atoms with Crippen LogP contribution in [0.4, 0.5) is 0 Å². The molecule has 5 heteroatoms. The van der Waals surface area contributed by atoms with Crippen molar-refractivity contribution >= 4 is 16.8 Å². The quantitative estimate of drug-likeness (QED) is 0.761. The van der Waals surface area contributed by atoms with Gasteiger partial charge in [-0.15, -0.1) is 0 Å². The van der Waals surface area contributed by atoms with Gasteiger partial charge in [0.15, 0.2) is 0 Å². The van der Waals surface area contributed by atoms with E-state index in [1.807, 2.05) is 41.8 Å². The summed E-state index contributed by atoms with van der Waals surface area (Å²) in [5, 5.41) is 13.3. The number of aryl methyl sites for hydroxylation is 1. The molecule has 22 heavy (non-hydrogen) atoms. The van der Waals surface area contributed by atoms with Crippen molar-refractivity contribution in [2.24, 2.45) is 0 Å². The highest BCUT2D eigenvalue weighted by molar-refractivity contribution is 5.98. The third-order valence-electron chi connectivity index (χ3n) is 3.73. The first-order valence-corrected chi connectivity index (χ1v) is 7.28. The second kappa shape index (κ2) is 6.07. The molecule has 1 atom stereocenters. The van der Waals surface area contributed by atoms with Gasteiger partial charge in [0.2, 0.25) is 0 Å². The van der Waals surface area contributed by atoms with Gasteiger partial charge in [-0.3, -0.25) is 4.79 Å². The van der Waals surface area contributed by atoms with Gasteiger partial charge >= 0.3 is 0 Å². The average molecular weight is 298 g/mol. The minimum Gasteiger partial charge on any atom is -0.467 e. The van der Waals surface area contributed by atoms with Crippen LogP contribution >= 0.6 is 0 Å². The second-order valence-corrected chi connectivity index (χ2v) is 5.06. The van der Waals surface area contributed by atoms with E-state index in [0.29, 0.717) is 18.0 Å². The molecular formula is C17H18N2O3. The van der Waals surface area contributed by atoms with Crippen LogP contribution in [0.25, 0.3) is 10.9 Å². The number of amides is 1. The lowest BCUT2D eigenvalue weighted by Crippen LogP contribution is -2.32. The lowest BCUT2D eigenvalue weighted by atomic mass is 10.2. The summed E-state index contributed by atoms with van der Waals surface area (Å²) in [6, 6.07) is 12.7. The Morgan fingerprint density at radius 3 is 2.82 bits per heavy atom. The summed E-state index contributed by atoms with van der Waals surface area (Å²) < 4.78 is 7.22. The first kappa shape index (κ1) is 14.4. The molecule has 0 radical (unpaired) electrons. The first-order chi connectivity index (χ1) is 10.7. The molecule has 5 nitrogen and oxygen atoms in total. The van der Waals surface area contributed by atoms with E-state index in [1.54, 1.807) is 12.1 Å². The molecule has 2 aromatic heterocycles. The van der Waals surface area contributed by atoms with Gasteiger partial charge in [0, 0.05) is 17.4 Å². The molecule has 0 saturated carbocycles. The smallest absolute Gasteiger partial charge is 0.268 e. The number of aliphatic hydroxyl groups excluding tert-OH is 1. The Balaban J connectivity index is 1.92. The van der Waals surface area contributed by atoms with E-state index < -0.39 is 6.04 Å². The highest BCUT2D eigenvalue weighted by atomic mass is 16.3. The first-order valence-electron chi connectivity index (χ1n) is 7.28. The molecule has 0 spiro atoms. The van der Waals surface area contributed by atoms with E-state index in [1.165, 1.54) is 6.26 Å². The molecule has 0 aliphatic heterocycles. The Labute approximate surface area is 128 Å². The summed E-state index contributed by atoms with van der Waals surface area (Å²) in [4.78, 5) is 12.6. The standard InChI is InChI=1S/C17H18N2O3/c1-2-19-14-7-4-3-6-12(14)10-15(19)17(21)18-13(11-20)16-8-5-9-22-16/h3-10,13,20H,2,11H2,1H3,(H,18,21). The largest absolute Gasteiger partial charge is 0.467 e. The summed E-state index contributed by atoms with van der Waals surface area (Å²) >= 11 is 0. The van der Waals surface area contributed by atoms with E-state index in [2.05, 4.69) is 5.32 Å². The van der Waals surface area contributed by atoms with Gasteiger partial charge in [0.25, 0.3) is 5.91 Å². The number of nitrogens with zero attached hydrogens (tertiary/aromatic N) is 1. The number of para-hydroxylation sites is 1. The van der Waals surface area contributed by atoms with Crippen LogP contribution in [0.15, 0.2) is 53.1 Å². The van der Waals surface area contributed by atoms with Gasteiger partial charge in [-0.1, -0.05) is 18.2 Å². The van der Waals surface area contributed by atoms with Crippen LogP contribution in [0.1, 0.15) is 29.2 Å². The third-order valence-corrected chi connectivity index (χ3v) is 3.73. The molecular weight excluding hydrogens is 280 g/mol. The Morgan fingerprint density at radius 2 is 2.14 bits per heavy atom. The van der Waals surface area contributed by atoms with Crippen LogP contribution in [0, 0.1) is 0 Å². The minimum atomic E-state index is -0.550. The average Bonchev–Trinajstić information content (AvgIpc) is 3.19. The van der Waals surface area contributed by atoms with Crippen molar-refractivity contribution in [2.45, 2.75) is 19.5 Å². The maximum Gasteiger partial charge on any atom is 0.268 e. The van der Waals surface area contributed by atoms with Crippen LogP contribution in [0.5, 0.6) is 0 Å². The number of hydrogen-bond donors (Lipinski definition) is 2. The lowest BCUT2D eigenvalue weighted by Gasteiger charge is -2.15. The van der Waals surface area contributed by atoms with Crippen LogP contribution < -0.4 is 5.32 Å². The van der Waals surface area contributed by atoms with E-state index in [9.17, 15) is 9.90 Å². The molecule has 2 heterocycles. The highest BCUT2D eigenvalue weighted by Gasteiger charge is 2.20. The Bertz CT molecular complexity index is 774. The predicted octanol–water partition coefficient (Wildman–Crippen LogP) is 2.72. The summed E-state index contributed by atoms with van der Waals surface area (Å²) in [7, 11) is 0. The normalized spacial score (nSPS) is 12.5. The minimum absolute atomic E-state index is 0.217. The molecule has 114 valence electrons. The number of carbonyl (C=O) groups is 1. The monoisotopic (exact) mass is 298 g/mol. The zero-order chi connectivity index (χ0) is 15.5. The number of rotatable bonds is 5. The number of aromatic nitrogens is 1. The van der Waals surface area contributed by atoms with Gasteiger partial charge < -0.3 is 19.4 Å². The van der Waals surface area contributed by atoms with Crippen molar-refractivity contribution in [3.05, 3.63) is 60.2 Å². The van der Waals surface area contributed by atoms with E-state index in [-0.39, 0.29) is 12.5 Å². The predicted molar refractivity (Wildman–Crippen MR) is 83.6 cm³/mol. The molecule has 0 fully saturated rings. The van der Waals surface area contributed by atoms with Crippen molar-refractivity contribution in [3.63, 3.8) is 0 Å². The van der Waals surface area contributed by atoms with Gasteiger partial charge in [-0.25, -0.2) is 0 Å². The Morgan fingerprint density at radius 1 is 1.32 bits per heavy atom. The summed E-state index contributed by atoms with van der Waals surface area (Å²) in [5.41, 5.74) is 1.60. The molecule has 0 aliphatic rings. The van der Waals surface area contributed by atoms with Gasteiger partial charge in [-0.05, 0) is 31.2 Å². The fourth-order valence-corrected chi connectivity index (χ4v) is 2.67. The van der Waals surface area contributed by atoms with Crippen LogP contribution in [0.2, 0.25) is 0 Å². The number of hydrogen-bond acceptors (Lipinski definition) is 3. The van der Waals surface area contributed by atoms with Crippen molar-refractivity contribution in [3.8, 4) is 0 Å². The lowest BCUT2D eigenvalue weighted by molar-refractivity contribution is 0.0898. The number of benzene rings is 1. The van der Waals surface area contributed by atoms with Crippen molar-refractivity contribution < 1.29 is 14.3 Å². The van der Waals surface area contributed by atoms with Crippen molar-refractivity contribution in [1.82, 2.24) is 9.88 Å². The summed E-state index contributed by atoms with van der Waals surface area (Å²) in [5.74, 6) is 0.309. The SMILES string of the molecule is CCn1c(C(=O)NC(CO)c2ccco2)cc2ccccc21. The van der Waals surface area contributed by atoms with E-state index in [0.717, 1.165) is 10.9 Å². The molecule has 3 rings (SSSR count). The van der Waals surface area contributed by atoms with Crippen LogP contribution in [-0.4, -0.2) is 22.2 Å². The number of carbonyl (C=O) groups excluding carboxylic acids is 1. The number of nitrogens with one attached hydrogen (secondary N) is 1. The fraction of sp³-hybridized carbons (Fsp3) is 0.235. The van der Waals surface area contributed by atoms with Crippen LogP contribution in [0.3, 0.4) is 0 Å². The molecule has 1 aromatic carbocycles. The third kappa shape index (κ3) is 2.51. The molecule has 2 N–H and O–H groups in total. The summed E-state index contributed by atoms with van der Waals surface area (Å²) in [6.45, 7) is 2.48. The number of fused-ring (bicyclic) bond motifs is 1. The molecule has 3 aromatic rings. The summed E-state index contributed by atoms with van der Waals surface area (Å²) in [6.07, 6.45) is 1.52. The maximum atomic E-state index is 12.6. The zero-order valence-corrected chi connectivity index (χ0v) is 12.3. The van der Waals surface area contributed by atoms with E-state index in [4.69, 9.17) is 4.42 Å². The molecule has 1 unspecified atom stereocenters. The zero-order valence-electron chi connectivity index (χ0n) is 12.3. The van der Waals surface area contributed by atoms with E-state index >= 15 is 0 Å². The molecule has 1 amide bonds. The number of aliphatic hydroxyl groups is 1. The van der Waals surface area contributed by atoms with Crippen molar-refractivity contribution in [2.75, 3.05) is 6.61 Å². The maximum absolute atomic E-state index is 12.6. The molecule has 0 saturated heterocycles. The second-order valence-electron chi connectivity index (χ2n) is 5.06. The Kier molecular flexibility index (Phi) is 3.98. The van der Waals surface area contributed by atoms with Crippen molar-refractivity contribution in [1.29, 1.82) is 0 Å². The van der Waals surface area contributed by atoms with Gasteiger partial charge in [0.05, 0.1) is 12.9 Å². The van der Waals surface area contributed by atoms with Gasteiger partial charge in [0.1, 0.15) is 17.5 Å². The number of furan rings is 1. The topological polar surface area (TPSA) is 67.4 Å². The highest BCUT2D eigenvalue weighted by Crippen LogP contribution is 2.21. The van der Waals surface area contributed by atoms with Crippen LogP contribution in [-0.2, 0) is 6.54 Å². The van der Waals surface area contributed by atoms with Gasteiger partial charge in [-0.2, -0.15) is 0 Å². The Hall–Kier alpha value is -2.53. The molecule has 0 aliphatic carbocycles. The molecule has 0 bridgehead atoms.